The Hall–Kier alpha value is -2.79. The minimum atomic E-state index is -0.841. The lowest BCUT2D eigenvalue weighted by Crippen LogP contribution is -2.26. The molecule has 0 aliphatic rings. The van der Waals surface area contributed by atoms with E-state index in [0.717, 1.165) is 5.56 Å². The van der Waals surface area contributed by atoms with Crippen molar-refractivity contribution < 1.29 is 20.1 Å². The van der Waals surface area contributed by atoms with Crippen LogP contribution < -0.4 is 5.32 Å². The first-order valence-electron chi connectivity index (χ1n) is 6.76. The Morgan fingerprint density at radius 2 is 1.55 bits per heavy atom. The Bertz CT molecular complexity index is 647. The molecule has 5 nitrogen and oxygen atoms in total. The summed E-state index contributed by atoms with van der Waals surface area (Å²) >= 11 is 0. The van der Waals surface area contributed by atoms with Crippen LogP contribution in [0.4, 0.5) is 0 Å². The van der Waals surface area contributed by atoms with Gasteiger partial charge in [0.1, 0.15) is 11.5 Å². The molecule has 4 N–H and O–H groups in total. The molecule has 5 heteroatoms. The number of aliphatic hydroxyl groups excluding tert-OH is 1. The van der Waals surface area contributed by atoms with Crippen LogP contribution in [0.3, 0.4) is 0 Å². The Labute approximate surface area is 128 Å². The van der Waals surface area contributed by atoms with Crippen LogP contribution >= 0.6 is 0 Å². The molecule has 22 heavy (non-hydrogen) atoms. The number of aromatic hydroxyl groups is 2. The fraction of sp³-hybridized carbons (Fsp3) is 0.118. The maximum Gasteiger partial charge on any atom is 0.244 e. The molecule has 0 fully saturated rings. The van der Waals surface area contributed by atoms with Gasteiger partial charge in [-0.3, -0.25) is 4.79 Å². The van der Waals surface area contributed by atoms with Gasteiger partial charge in [0.15, 0.2) is 0 Å². The van der Waals surface area contributed by atoms with Crippen molar-refractivity contribution in [3.05, 3.63) is 65.7 Å². The van der Waals surface area contributed by atoms with Crippen molar-refractivity contribution >= 4 is 12.0 Å². The number of hydrogen-bond donors (Lipinski definition) is 4. The summed E-state index contributed by atoms with van der Waals surface area (Å²) in [7, 11) is 0. The number of benzene rings is 2. The van der Waals surface area contributed by atoms with Crippen LogP contribution in [0.2, 0.25) is 0 Å². The summed E-state index contributed by atoms with van der Waals surface area (Å²) in [5.74, 6) is -0.0404. The molecule has 2 aromatic rings. The van der Waals surface area contributed by atoms with Crippen LogP contribution in [0.25, 0.3) is 6.08 Å². The first-order valence-corrected chi connectivity index (χ1v) is 6.76. The molecule has 1 amide bonds. The van der Waals surface area contributed by atoms with E-state index in [-0.39, 0.29) is 24.0 Å². The number of amides is 1. The van der Waals surface area contributed by atoms with Crippen molar-refractivity contribution in [2.24, 2.45) is 0 Å². The van der Waals surface area contributed by atoms with Crippen LogP contribution in [0.15, 0.2) is 54.6 Å². The molecule has 0 saturated heterocycles. The van der Waals surface area contributed by atoms with Gasteiger partial charge in [-0.05, 0) is 41.5 Å². The summed E-state index contributed by atoms with van der Waals surface area (Å²) in [5, 5.41) is 30.9. The van der Waals surface area contributed by atoms with E-state index in [1.165, 1.54) is 30.3 Å². The van der Waals surface area contributed by atoms with Gasteiger partial charge in [-0.25, -0.2) is 0 Å². The van der Waals surface area contributed by atoms with Gasteiger partial charge in [0.05, 0.1) is 6.10 Å². The largest absolute Gasteiger partial charge is 0.508 e. The fourth-order valence-electron chi connectivity index (χ4n) is 1.83. The second-order valence-electron chi connectivity index (χ2n) is 4.78. The lowest BCUT2D eigenvalue weighted by atomic mass is 10.1. The summed E-state index contributed by atoms with van der Waals surface area (Å²) in [6, 6.07) is 12.6. The summed E-state index contributed by atoms with van der Waals surface area (Å²) in [4.78, 5) is 11.7. The van der Waals surface area contributed by atoms with E-state index in [2.05, 4.69) is 5.32 Å². The van der Waals surface area contributed by atoms with E-state index in [4.69, 9.17) is 5.11 Å². The normalized spacial score (nSPS) is 12.2. The molecule has 0 unspecified atom stereocenters. The van der Waals surface area contributed by atoms with Crippen LogP contribution in [0.1, 0.15) is 17.2 Å². The number of phenolic OH excluding ortho intramolecular Hbond substituents is 2. The minimum Gasteiger partial charge on any atom is -0.508 e. The molecule has 0 bridgehead atoms. The molecule has 0 saturated carbocycles. The standard InChI is InChI=1S/C17H17NO4/c19-14-6-1-12(2-7-14)3-10-17(22)18-11-16(21)13-4-8-15(20)9-5-13/h1-10,16,19-21H,11H2,(H,18,22)/b10-3+/t16-/m1/s1. The van der Waals surface area contributed by atoms with Gasteiger partial charge in [-0.1, -0.05) is 24.3 Å². The zero-order chi connectivity index (χ0) is 15.9. The molecule has 2 rings (SSSR count). The summed E-state index contributed by atoms with van der Waals surface area (Å²) in [5.41, 5.74) is 1.40. The van der Waals surface area contributed by atoms with Crippen molar-refractivity contribution in [2.45, 2.75) is 6.10 Å². The molecule has 0 aliphatic carbocycles. The molecule has 2 aromatic carbocycles. The summed E-state index contributed by atoms with van der Waals surface area (Å²) in [6.07, 6.45) is 2.13. The highest BCUT2D eigenvalue weighted by Gasteiger charge is 2.08. The van der Waals surface area contributed by atoms with Gasteiger partial charge in [-0.2, -0.15) is 0 Å². The van der Waals surface area contributed by atoms with Gasteiger partial charge in [0.2, 0.25) is 5.91 Å². The van der Waals surface area contributed by atoms with E-state index in [1.807, 2.05) is 0 Å². The van der Waals surface area contributed by atoms with Gasteiger partial charge < -0.3 is 20.6 Å². The lowest BCUT2D eigenvalue weighted by molar-refractivity contribution is -0.116. The van der Waals surface area contributed by atoms with E-state index >= 15 is 0 Å². The predicted molar refractivity (Wildman–Crippen MR) is 83.2 cm³/mol. The van der Waals surface area contributed by atoms with Crippen molar-refractivity contribution in [2.75, 3.05) is 6.54 Å². The van der Waals surface area contributed by atoms with E-state index < -0.39 is 6.10 Å². The zero-order valence-corrected chi connectivity index (χ0v) is 11.8. The average molecular weight is 299 g/mol. The highest BCUT2D eigenvalue weighted by Crippen LogP contribution is 2.16. The molecule has 0 heterocycles. The molecule has 0 aliphatic heterocycles. The topological polar surface area (TPSA) is 89.8 Å². The highest BCUT2D eigenvalue weighted by molar-refractivity contribution is 5.91. The van der Waals surface area contributed by atoms with Crippen molar-refractivity contribution in [3.8, 4) is 11.5 Å². The molecular formula is C17H17NO4. The minimum absolute atomic E-state index is 0.0729. The number of nitrogens with one attached hydrogen (secondary N) is 1. The van der Waals surface area contributed by atoms with Crippen molar-refractivity contribution in [1.82, 2.24) is 5.32 Å². The Balaban J connectivity index is 1.84. The second kappa shape index (κ2) is 7.28. The first-order chi connectivity index (χ1) is 10.5. The summed E-state index contributed by atoms with van der Waals surface area (Å²) < 4.78 is 0. The average Bonchev–Trinajstić information content (AvgIpc) is 2.52. The molecular weight excluding hydrogens is 282 g/mol. The summed E-state index contributed by atoms with van der Waals surface area (Å²) in [6.45, 7) is 0.0729. The van der Waals surface area contributed by atoms with Crippen LogP contribution in [0, 0.1) is 0 Å². The molecule has 0 spiro atoms. The van der Waals surface area contributed by atoms with Gasteiger partial charge >= 0.3 is 0 Å². The SMILES string of the molecule is O=C(/C=C/c1ccc(O)cc1)NC[C@@H](O)c1ccc(O)cc1. The van der Waals surface area contributed by atoms with E-state index in [1.54, 1.807) is 30.3 Å². The van der Waals surface area contributed by atoms with Crippen molar-refractivity contribution in [1.29, 1.82) is 0 Å². The molecule has 114 valence electrons. The van der Waals surface area contributed by atoms with Gasteiger partial charge in [0, 0.05) is 12.6 Å². The van der Waals surface area contributed by atoms with Crippen LogP contribution in [0.5, 0.6) is 11.5 Å². The molecule has 0 aromatic heterocycles. The number of aliphatic hydroxyl groups is 1. The van der Waals surface area contributed by atoms with E-state index in [0.29, 0.717) is 5.56 Å². The maximum atomic E-state index is 11.7. The molecule has 0 radical (unpaired) electrons. The van der Waals surface area contributed by atoms with E-state index in [9.17, 15) is 15.0 Å². The van der Waals surface area contributed by atoms with Crippen LogP contribution in [-0.4, -0.2) is 27.8 Å². The predicted octanol–water partition coefficient (Wildman–Crippen LogP) is 1.96. The highest BCUT2D eigenvalue weighted by atomic mass is 16.3. The lowest BCUT2D eigenvalue weighted by Gasteiger charge is -2.11. The first kappa shape index (κ1) is 15.6. The third-order valence-electron chi connectivity index (χ3n) is 3.07. The van der Waals surface area contributed by atoms with Gasteiger partial charge in [-0.15, -0.1) is 0 Å². The second-order valence-corrected chi connectivity index (χ2v) is 4.78. The smallest absolute Gasteiger partial charge is 0.244 e. The number of rotatable bonds is 5. The zero-order valence-electron chi connectivity index (χ0n) is 11.8. The third-order valence-corrected chi connectivity index (χ3v) is 3.07. The Morgan fingerprint density at radius 3 is 2.14 bits per heavy atom. The fourth-order valence-corrected chi connectivity index (χ4v) is 1.83. The number of phenols is 2. The third kappa shape index (κ3) is 4.64. The van der Waals surface area contributed by atoms with Crippen LogP contribution in [-0.2, 0) is 4.79 Å². The number of hydrogen-bond acceptors (Lipinski definition) is 4. The number of carbonyl (C=O) groups excluding carboxylic acids is 1. The maximum absolute atomic E-state index is 11.7. The Morgan fingerprint density at radius 1 is 1.00 bits per heavy atom. The monoisotopic (exact) mass is 299 g/mol. The molecule has 1 atom stereocenters. The van der Waals surface area contributed by atoms with Gasteiger partial charge in [0.25, 0.3) is 0 Å². The number of carbonyl (C=O) groups is 1. The Kier molecular flexibility index (Phi) is 5.16. The quantitative estimate of drug-likeness (QED) is 0.635. The van der Waals surface area contributed by atoms with Crippen molar-refractivity contribution in [3.63, 3.8) is 0 Å².